The molecule has 1 aliphatic heterocycles. The zero-order chi connectivity index (χ0) is 12.3. The number of carbonyl (C=O) groups is 1. The van der Waals surface area contributed by atoms with E-state index < -0.39 is 23.9 Å². The average molecular weight is 260 g/mol. The molecule has 0 N–H and O–H groups in total. The molecule has 0 radical (unpaired) electrons. The van der Waals surface area contributed by atoms with Gasteiger partial charge < -0.3 is 9.64 Å². The Kier molecular flexibility index (Phi) is 4.43. The van der Waals surface area contributed by atoms with Crippen LogP contribution in [-0.4, -0.2) is 49.7 Å². The molecule has 0 saturated carbocycles. The number of nitrogens with zero attached hydrogens (tertiary/aromatic N) is 1. The quantitative estimate of drug-likeness (QED) is 0.719. The van der Waals surface area contributed by atoms with Gasteiger partial charge in [-0.05, 0) is 0 Å². The SMILES string of the molecule is COCC1CN(C(=O)CCl)CC1C(F)(F)F. The highest BCUT2D eigenvalue weighted by atomic mass is 35.5. The van der Waals surface area contributed by atoms with Gasteiger partial charge in [-0.3, -0.25) is 4.79 Å². The van der Waals surface area contributed by atoms with Crippen molar-refractivity contribution in [3.63, 3.8) is 0 Å². The largest absolute Gasteiger partial charge is 0.393 e. The Balaban J connectivity index is 2.72. The van der Waals surface area contributed by atoms with Crippen molar-refractivity contribution in [2.75, 3.05) is 32.7 Å². The molecular formula is C9H13ClF3NO2. The number of likely N-dealkylation sites (tertiary alicyclic amines) is 1. The van der Waals surface area contributed by atoms with E-state index in [0.29, 0.717) is 0 Å². The first-order valence-corrected chi connectivity index (χ1v) is 5.33. The van der Waals surface area contributed by atoms with Gasteiger partial charge in [-0.1, -0.05) is 0 Å². The third kappa shape index (κ3) is 3.01. The first-order valence-electron chi connectivity index (χ1n) is 4.79. The van der Waals surface area contributed by atoms with Crippen molar-refractivity contribution in [1.29, 1.82) is 0 Å². The molecule has 1 rings (SSSR count). The van der Waals surface area contributed by atoms with Gasteiger partial charge in [-0.25, -0.2) is 0 Å². The molecule has 0 bridgehead atoms. The van der Waals surface area contributed by atoms with Crippen LogP contribution in [0.2, 0.25) is 0 Å². The van der Waals surface area contributed by atoms with Crippen molar-refractivity contribution < 1.29 is 22.7 Å². The Morgan fingerprint density at radius 1 is 1.50 bits per heavy atom. The molecule has 16 heavy (non-hydrogen) atoms. The molecule has 2 atom stereocenters. The van der Waals surface area contributed by atoms with E-state index in [1.165, 1.54) is 7.11 Å². The number of ether oxygens (including phenoxy) is 1. The van der Waals surface area contributed by atoms with E-state index in [1.54, 1.807) is 0 Å². The van der Waals surface area contributed by atoms with E-state index >= 15 is 0 Å². The molecule has 2 unspecified atom stereocenters. The zero-order valence-corrected chi connectivity index (χ0v) is 9.51. The Labute approximate surface area is 96.5 Å². The van der Waals surface area contributed by atoms with Gasteiger partial charge in [0.25, 0.3) is 0 Å². The van der Waals surface area contributed by atoms with Crippen molar-refractivity contribution >= 4 is 17.5 Å². The van der Waals surface area contributed by atoms with Crippen LogP contribution in [0.3, 0.4) is 0 Å². The molecule has 0 spiro atoms. The summed E-state index contributed by atoms with van der Waals surface area (Å²) in [5.74, 6) is -2.96. The van der Waals surface area contributed by atoms with Crippen molar-refractivity contribution in [3.05, 3.63) is 0 Å². The van der Waals surface area contributed by atoms with E-state index in [4.69, 9.17) is 16.3 Å². The van der Waals surface area contributed by atoms with Crippen LogP contribution >= 0.6 is 11.6 Å². The number of carbonyl (C=O) groups excluding carboxylic acids is 1. The van der Waals surface area contributed by atoms with Crippen LogP contribution in [0.25, 0.3) is 0 Å². The lowest BCUT2D eigenvalue weighted by molar-refractivity contribution is -0.183. The fraction of sp³-hybridized carbons (Fsp3) is 0.889. The van der Waals surface area contributed by atoms with Crippen molar-refractivity contribution in [3.8, 4) is 0 Å². The summed E-state index contributed by atoms with van der Waals surface area (Å²) >= 11 is 5.32. The number of hydrogen-bond donors (Lipinski definition) is 0. The summed E-state index contributed by atoms with van der Waals surface area (Å²) in [5.41, 5.74) is 0. The standard InChI is InChI=1S/C9H13ClF3NO2/c1-16-5-6-3-14(8(15)2-10)4-7(6)9(11,12)13/h6-7H,2-5H2,1H3. The number of halogens is 4. The Bertz CT molecular complexity index is 260. The summed E-state index contributed by atoms with van der Waals surface area (Å²) in [5, 5.41) is 0. The van der Waals surface area contributed by atoms with Crippen LogP contribution in [-0.2, 0) is 9.53 Å². The highest BCUT2D eigenvalue weighted by Crippen LogP contribution is 2.37. The molecule has 94 valence electrons. The minimum Gasteiger partial charge on any atom is -0.384 e. The fourth-order valence-electron chi connectivity index (χ4n) is 1.91. The third-order valence-corrected chi connectivity index (χ3v) is 2.94. The maximum Gasteiger partial charge on any atom is 0.393 e. The van der Waals surface area contributed by atoms with Gasteiger partial charge in [-0.15, -0.1) is 11.6 Å². The molecule has 0 aromatic carbocycles. The Morgan fingerprint density at radius 3 is 2.56 bits per heavy atom. The van der Waals surface area contributed by atoms with Gasteiger partial charge in [0.05, 0.1) is 12.5 Å². The van der Waals surface area contributed by atoms with E-state index in [0.717, 1.165) is 4.90 Å². The molecule has 1 aliphatic rings. The normalized spacial score (nSPS) is 26.2. The molecule has 0 aromatic heterocycles. The zero-order valence-electron chi connectivity index (χ0n) is 8.76. The van der Waals surface area contributed by atoms with Crippen LogP contribution in [0.4, 0.5) is 13.2 Å². The summed E-state index contributed by atoms with van der Waals surface area (Å²) in [6.07, 6.45) is -4.30. The average Bonchev–Trinajstić information content (AvgIpc) is 2.61. The van der Waals surface area contributed by atoms with E-state index in [-0.39, 0.29) is 25.6 Å². The van der Waals surface area contributed by atoms with Gasteiger partial charge >= 0.3 is 6.18 Å². The Morgan fingerprint density at radius 2 is 2.12 bits per heavy atom. The van der Waals surface area contributed by atoms with Gasteiger partial charge in [-0.2, -0.15) is 13.2 Å². The van der Waals surface area contributed by atoms with Crippen LogP contribution in [0.15, 0.2) is 0 Å². The predicted octanol–water partition coefficient (Wildman–Crippen LogP) is 1.51. The maximum absolute atomic E-state index is 12.6. The van der Waals surface area contributed by atoms with Gasteiger partial charge in [0.15, 0.2) is 0 Å². The lowest BCUT2D eigenvalue weighted by Gasteiger charge is -2.19. The fourth-order valence-corrected chi connectivity index (χ4v) is 2.08. The molecule has 1 heterocycles. The van der Waals surface area contributed by atoms with Gasteiger partial charge in [0.1, 0.15) is 5.88 Å². The molecule has 0 aromatic rings. The molecule has 7 heteroatoms. The molecular weight excluding hydrogens is 247 g/mol. The molecule has 0 aliphatic carbocycles. The van der Waals surface area contributed by atoms with Crippen LogP contribution in [0.5, 0.6) is 0 Å². The van der Waals surface area contributed by atoms with Gasteiger partial charge in [0, 0.05) is 26.1 Å². The van der Waals surface area contributed by atoms with Crippen LogP contribution < -0.4 is 0 Å². The lowest BCUT2D eigenvalue weighted by Crippen LogP contribution is -2.33. The summed E-state index contributed by atoms with van der Waals surface area (Å²) in [6.45, 7) is -0.261. The highest BCUT2D eigenvalue weighted by molar-refractivity contribution is 6.27. The number of rotatable bonds is 3. The first-order chi connectivity index (χ1) is 7.40. The predicted molar refractivity (Wildman–Crippen MR) is 52.2 cm³/mol. The highest BCUT2D eigenvalue weighted by Gasteiger charge is 2.50. The molecule has 3 nitrogen and oxygen atoms in total. The monoisotopic (exact) mass is 259 g/mol. The third-order valence-electron chi connectivity index (χ3n) is 2.71. The van der Waals surface area contributed by atoms with Crippen LogP contribution in [0.1, 0.15) is 0 Å². The topological polar surface area (TPSA) is 29.5 Å². The van der Waals surface area contributed by atoms with E-state index in [9.17, 15) is 18.0 Å². The van der Waals surface area contributed by atoms with Crippen molar-refractivity contribution in [1.82, 2.24) is 4.90 Å². The number of amides is 1. The van der Waals surface area contributed by atoms with Crippen LogP contribution in [0, 0.1) is 11.8 Å². The van der Waals surface area contributed by atoms with E-state index in [1.807, 2.05) is 0 Å². The number of methoxy groups -OCH3 is 1. The first kappa shape index (κ1) is 13.6. The molecule has 1 saturated heterocycles. The lowest BCUT2D eigenvalue weighted by atomic mass is 9.96. The smallest absolute Gasteiger partial charge is 0.384 e. The Hall–Kier alpha value is -0.490. The maximum atomic E-state index is 12.6. The number of alkyl halides is 4. The number of hydrogen-bond acceptors (Lipinski definition) is 2. The minimum atomic E-state index is -4.30. The van der Waals surface area contributed by atoms with Crippen molar-refractivity contribution in [2.45, 2.75) is 6.18 Å². The second kappa shape index (κ2) is 5.23. The molecule has 1 fully saturated rings. The second-order valence-corrected chi connectivity index (χ2v) is 4.06. The summed E-state index contributed by atoms with van der Waals surface area (Å²) < 4.78 is 42.7. The van der Waals surface area contributed by atoms with E-state index in [2.05, 4.69) is 0 Å². The molecule has 1 amide bonds. The van der Waals surface area contributed by atoms with Crippen molar-refractivity contribution in [2.24, 2.45) is 11.8 Å². The summed E-state index contributed by atoms with van der Waals surface area (Å²) in [4.78, 5) is 12.4. The summed E-state index contributed by atoms with van der Waals surface area (Å²) in [7, 11) is 1.35. The minimum absolute atomic E-state index is 0.00373. The summed E-state index contributed by atoms with van der Waals surface area (Å²) in [6, 6.07) is 0. The van der Waals surface area contributed by atoms with Gasteiger partial charge in [0.2, 0.25) is 5.91 Å². The second-order valence-electron chi connectivity index (χ2n) is 3.80.